The number of nitriles is 2. The van der Waals surface area contributed by atoms with Gasteiger partial charge in [0, 0.05) is 12.3 Å². The number of nitrogens with zero attached hydrogens (tertiary/aromatic N) is 3. The number of alkyl halides is 2. The Balaban J connectivity index is 0.000000318. The van der Waals surface area contributed by atoms with Crippen molar-refractivity contribution in [2.75, 3.05) is 5.75 Å². The van der Waals surface area contributed by atoms with E-state index in [4.69, 9.17) is 10.5 Å². The van der Waals surface area contributed by atoms with Crippen LogP contribution in [0.2, 0.25) is 0 Å². The largest absolute Gasteiger partial charge is 0.292 e. The lowest BCUT2D eigenvalue weighted by Crippen LogP contribution is -2.18. The molecule has 92 valence electrons. The summed E-state index contributed by atoms with van der Waals surface area (Å²) < 4.78 is 3.06. The van der Waals surface area contributed by atoms with Gasteiger partial charge in [0.25, 0.3) is 0 Å². The molecule has 7 heteroatoms. The summed E-state index contributed by atoms with van der Waals surface area (Å²) in [7, 11) is 0. The van der Waals surface area contributed by atoms with E-state index >= 15 is 0 Å². The molecular formula is C10H11Br2N3OS. The first-order valence-electron chi connectivity index (χ1n) is 4.71. The van der Waals surface area contributed by atoms with E-state index in [1.54, 1.807) is 6.92 Å². The number of carbonyl (C=O) groups is 1. The number of rotatable bonds is 2. The van der Waals surface area contributed by atoms with Crippen molar-refractivity contribution in [3.63, 3.8) is 0 Å². The summed E-state index contributed by atoms with van der Waals surface area (Å²) in [6.45, 7) is 3.57. The summed E-state index contributed by atoms with van der Waals surface area (Å²) in [6.07, 6.45) is 0.365. The fourth-order valence-electron chi connectivity index (χ4n) is 0.718. The standard InChI is InChI=1S/C6H6Br2N2.C4H5NOS/c1-5(2-3-9)6(7,8)4-10;1-3-4(6)2-7-5-3/h5H,2H2,1H3;2H2,1H3. The van der Waals surface area contributed by atoms with Crippen LogP contribution in [0, 0.1) is 28.6 Å². The van der Waals surface area contributed by atoms with Crippen LogP contribution < -0.4 is 0 Å². The monoisotopic (exact) mass is 379 g/mol. The molecule has 0 aromatic rings. The number of hydrogen-bond donors (Lipinski definition) is 0. The van der Waals surface area contributed by atoms with Crippen molar-refractivity contribution >= 4 is 55.3 Å². The van der Waals surface area contributed by atoms with E-state index in [1.165, 1.54) is 11.9 Å². The molecule has 0 amide bonds. The molecular weight excluding hydrogens is 370 g/mol. The minimum atomic E-state index is -0.740. The van der Waals surface area contributed by atoms with Crippen LogP contribution in [0.3, 0.4) is 0 Å². The van der Waals surface area contributed by atoms with Crippen molar-refractivity contribution in [2.24, 2.45) is 10.3 Å². The van der Waals surface area contributed by atoms with E-state index in [-0.39, 0.29) is 11.7 Å². The van der Waals surface area contributed by atoms with Crippen molar-refractivity contribution in [1.82, 2.24) is 0 Å². The Labute approximate surface area is 122 Å². The molecule has 0 saturated carbocycles. The summed E-state index contributed by atoms with van der Waals surface area (Å²) in [5.41, 5.74) is 0.657. The molecule has 0 N–H and O–H groups in total. The third kappa shape index (κ3) is 6.21. The molecule has 0 radical (unpaired) electrons. The van der Waals surface area contributed by atoms with Gasteiger partial charge in [-0.3, -0.25) is 4.79 Å². The van der Waals surface area contributed by atoms with Gasteiger partial charge in [0.1, 0.15) is 0 Å². The minimum absolute atomic E-state index is 0.0116. The first-order valence-corrected chi connectivity index (χ1v) is 7.23. The maximum atomic E-state index is 10.4. The Kier molecular flexibility index (Phi) is 7.69. The van der Waals surface area contributed by atoms with Gasteiger partial charge in [-0.1, -0.05) is 38.8 Å². The van der Waals surface area contributed by atoms with Gasteiger partial charge in [-0.2, -0.15) is 10.5 Å². The van der Waals surface area contributed by atoms with Gasteiger partial charge < -0.3 is 0 Å². The van der Waals surface area contributed by atoms with Crippen LogP contribution >= 0.6 is 43.8 Å². The van der Waals surface area contributed by atoms with Crippen LogP contribution in [0.5, 0.6) is 0 Å². The smallest absolute Gasteiger partial charge is 0.189 e. The summed E-state index contributed by atoms with van der Waals surface area (Å²) in [5.74, 6) is 0.707. The van der Waals surface area contributed by atoms with Gasteiger partial charge in [0.15, 0.2) is 9.02 Å². The maximum absolute atomic E-state index is 10.4. The van der Waals surface area contributed by atoms with Gasteiger partial charge in [0.05, 0.1) is 23.6 Å². The molecule has 1 aliphatic heterocycles. The second kappa shape index (κ2) is 7.86. The van der Waals surface area contributed by atoms with E-state index in [1.807, 2.05) is 19.1 Å². The SMILES string of the molecule is CC(CC#N)C(Br)(Br)C#N.CC1=NSCC1=O. The molecule has 0 spiro atoms. The molecule has 0 aromatic heterocycles. The molecule has 1 aliphatic rings. The average Bonchev–Trinajstić information content (AvgIpc) is 2.64. The Morgan fingerprint density at radius 1 is 1.59 bits per heavy atom. The fourth-order valence-corrected chi connectivity index (χ4v) is 1.73. The van der Waals surface area contributed by atoms with Gasteiger partial charge in [-0.15, -0.1) is 0 Å². The Bertz CT molecular complexity index is 395. The molecule has 1 atom stereocenters. The summed E-state index contributed by atoms with van der Waals surface area (Å²) in [5, 5.41) is 16.8. The molecule has 0 aliphatic carbocycles. The zero-order valence-corrected chi connectivity index (χ0v) is 13.4. The van der Waals surface area contributed by atoms with Gasteiger partial charge in [-0.25, -0.2) is 4.40 Å². The Hall–Kier alpha value is -0.370. The van der Waals surface area contributed by atoms with E-state index in [2.05, 4.69) is 36.3 Å². The first kappa shape index (κ1) is 16.6. The van der Waals surface area contributed by atoms with E-state index in [0.717, 1.165) is 0 Å². The third-order valence-electron chi connectivity index (χ3n) is 1.97. The van der Waals surface area contributed by atoms with E-state index in [9.17, 15) is 4.79 Å². The summed E-state index contributed by atoms with van der Waals surface area (Å²) >= 11 is 7.63. The molecule has 0 aromatic carbocycles. The highest BCUT2D eigenvalue weighted by Crippen LogP contribution is 2.35. The average molecular weight is 381 g/mol. The topological polar surface area (TPSA) is 77.0 Å². The maximum Gasteiger partial charge on any atom is 0.189 e. The Morgan fingerprint density at radius 3 is 2.41 bits per heavy atom. The van der Waals surface area contributed by atoms with Crippen molar-refractivity contribution in [1.29, 1.82) is 10.5 Å². The highest BCUT2D eigenvalue weighted by Gasteiger charge is 2.29. The molecule has 1 heterocycles. The van der Waals surface area contributed by atoms with E-state index in [0.29, 0.717) is 17.9 Å². The second-order valence-electron chi connectivity index (χ2n) is 3.37. The molecule has 1 rings (SSSR count). The number of halogens is 2. The Morgan fingerprint density at radius 2 is 2.18 bits per heavy atom. The van der Waals surface area contributed by atoms with Crippen LogP contribution in [0.4, 0.5) is 0 Å². The van der Waals surface area contributed by atoms with Crippen LogP contribution in [-0.4, -0.2) is 20.5 Å². The predicted molar refractivity (Wildman–Crippen MR) is 76.2 cm³/mol. The van der Waals surface area contributed by atoms with Crippen LogP contribution in [0.1, 0.15) is 20.3 Å². The number of carbonyl (C=O) groups excluding carboxylic acids is 1. The second-order valence-corrected chi connectivity index (χ2v) is 7.67. The quantitative estimate of drug-likeness (QED) is 0.544. The number of hydrogen-bond acceptors (Lipinski definition) is 5. The normalized spacial score (nSPS) is 16.1. The lowest BCUT2D eigenvalue weighted by atomic mass is 10.1. The van der Waals surface area contributed by atoms with Gasteiger partial charge in [-0.05, 0) is 18.9 Å². The highest BCUT2D eigenvalue weighted by molar-refractivity contribution is 9.25. The lowest BCUT2D eigenvalue weighted by Gasteiger charge is -2.16. The third-order valence-corrected chi connectivity index (χ3v) is 4.68. The van der Waals surface area contributed by atoms with Gasteiger partial charge >= 0.3 is 0 Å². The van der Waals surface area contributed by atoms with Crippen molar-refractivity contribution in [2.45, 2.75) is 23.5 Å². The highest BCUT2D eigenvalue weighted by atomic mass is 79.9. The van der Waals surface area contributed by atoms with Gasteiger partial charge in [0.2, 0.25) is 0 Å². The molecule has 4 nitrogen and oxygen atoms in total. The lowest BCUT2D eigenvalue weighted by molar-refractivity contribution is -0.110. The number of Topliss-reactive ketones (excluding diaryl/α,β-unsaturated/α-hetero) is 1. The van der Waals surface area contributed by atoms with Crippen LogP contribution in [0.15, 0.2) is 4.40 Å². The first-order chi connectivity index (χ1) is 7.85. The molecule has 17 heavy (non-hydrogen) atoms. The summed E-state index contributed by atoms with van der Waals surface area (Å²) in [4.78, 5) is 10.4. The van der Waals surface area contributed by atoms with Crippen molar-refractivity contribution in [3.8, 4) is 12.1 Å². The van der Waals surface area contributed by atoms with Crippen LogP contribution in [0.25, 0.3) is 0 Å². The molecule has 1 unspecified atom stereocenters. The molecule has 0 fully saturated rings. The molecule has 0 bridgehead atoms. The molecule has 0 saturated heterocycles. The number of ketones is 1. The predicted octanol–water partition coefficient (Wildman–Crippen LogP) is 3.22. The zero-order chi connectivity index (χ0) is 13.5. The summed E-state index contributed by atoms with van der Waals surface area (Å²) in [6, 6.07) is 4.00. The minimum Gasteiger partial charge on any atom is -0.292 e. The zero-order valence-electron chi connectivity index (χ0n) is 9.41. The fraction of sp³-hybridized carbons (Fsp3) is 0.600. The van der Waals surface area contributed by atoms with Crippen molar-refractivity contribution < 1.29 is 4.79 Å². The van der Waals surface area contributed by atoms with E-state index < -0.39 is 3.23 Å². The van der Waals surface area contributed by atoms with Crippen molar-refractivity contribution in [3.05, 3.63) is 0 Å². The van der Waals surface area contributed by atoms with Crippen LogP contribution in [-0.2, 0) is 4.79 Å².